The number of aromatic nitrogens is 1. The van der Waals surface area contributed by atoms with E-state index in [1.54, 1.807) is 24.5 Å². The number of hydrogen-bond donors (Lipinski definition) is 2. The van der Waals surface area contributed by atoms with Crippen molar-refractivity contribution < 1.29 is 19.4 Å². The van der Waals surface area contributed by atoms with Crippen LogP contribution in [0.1, 0.15) is 71.2 Å². The fourth-order valence-corrected chi connectivity index (χ4v) is 6.20. The van der Waals surface area contributed by atoms with E-state index >= 15 is 0 Å². The molecule has 3 aromatic carbocycles. The molecule has 1 amide bonds. The van der Waals surface area contributed by atoms with Crippen LogP contribution in [0, 0.1) is 5.92 Å². The Morgan fingerprint density at radius 1 is 0.886 bits per heavy atom. The van der Waals surface area contributed by atoms with Gasteiger partial charge < -0.3 is 24.8 Å². The van der Waals surface area contributed by atoms with Gasteiger partial charge in [-0.2, -0.15) is 0 Å². The van der Waals surface area contributed by atoms with Crippen molar-refractivity contribution in [3.63, 3.8) is 0 Å². The predicted molar refractivity (Wildman–Crippen MR) is 171 cm³/mol. The average molecular weight is 592 g/mol. The van der Waals surface area contributed by atoms with Gasteiger partial charge in [-0.05, 0) is 71.9 Å². The summed E-state index contributed by atoms with van der Waals surface area (Å²) in [5.74, 6) is 0.0321. The molecule has 228 valence electrons. The van der Waals surface area contributed by atoms with E-state index in [0.717, 1.165) is 53.0 Å². The van der Waals surface area contributed by atoms with Crippen LogP contribution in [0.3, 0.4) is 0 Å². The lowest BCUT2D eigenvalue weighted by Crippen LogP contribution is -2.45. The SMILES string of the molecule is CC1C(CN2CCCCC2)OC(c2ccc(-c3cccc(CNC(=O)c4cccnc4)c3)cc2)OC1c1ccc(CO)cc1. The van der Waals surface area contributed by atoms with E-state index in [0.29, 0.717) is 12.1 Å². The monoisotopic (exact) mass is 591 g/mol. The quantitative estimate of drug-likeness (QED) is 0.233. The van der Waals surface area contributed by atoms with Crippen molar-refractivity contribution in [2.45, 2.75) is 57.8 Å². The summed E-state index contributed by atoms with van der Waals surface area (Å²) < 4.78 is 13.4. The van der Waals surface area contributed by atoms with E-state index in [4.69, 9.17) is 9.47 Å². The van der Waals surface area contributed by atoms with Crippen molar-refractivity contribution in [1.29, 1.82) is 0 Å². The number of benzene rings is 3. The van der Waals surface area contributed by atoms with Gasteiger partial charge in [-0.1, -0.05) is 80.1 Å². The Hall–Kier alpha value is -3.88. The van der Waals surface area contributed by atoms with Crippen molar-refractivity contribution in [3.05, 3.63) is 125 Å². The van der Waals surface area contributed by atoms with Gasteiger partial charge in [0.15, 0.2) is 6.29 Å². The number of ether oxygens (including phenoxy) is 2. The summed E-state index contributed by atoms with van der Waals surface area (Å²) in [6.07, 6.45) is 6.45. The first-order valence-electron chi connectivity index (χ1n) is 15.7. The summed E-state index contributed by atoms with van der Waals surface area (Å²) in [4.78, 5) is 19.0. The summed E-state index contributed by atoms with van der Waals surface area (Å²) in [5.41, 5.74) is 6.71. The largest absolute Gasteiger partial charge is 0.392 e. The molecule has 0 aliphatic carbocycles. The molecule has 4 aromatic rings. The summed E-state index contributed by atoms with van der Waals surface area (Å²) >= 11 is 0. The van der Waals surface area contributed by atoms with Crippen LogP contribution in [0.4, 0.5) is 0 Å². The van der Waals surface area contributed by atoms with E-state index in [2.05, 4.69) is 70.7 Å². The summed E-state index contributed by atoms with van der Waals surface area (Å²) in [6.45, 7) is 5.82. The summed E-state index contributed by atoms with van der Waals surface area (Å²) in [5, 5.41) is 12.5. The van der Waals surface area contributed by atoms with Crippen molar-refractivity contribution >= 4 is 5.91 Å². The highest BCUT2D eigenvalue weighted by atomic mass is 16.7. The van der Waals surface area contributed by atoms with Crippen LogP contribution in [-0.4, -0.2) is 46.6 Å². The summed E-state index contributed by atoms with van der Waals surface area (Å²) in [7, 11) is 0. The molecule has 2 aliphatic rings. The first-order chi connectivity index (χ1) is 21.6. The Morgan fingerprint density at radius 2 is 1.66 bits per heavy atom. The molecule has 4 unspecified atom stereocenters. The van der Waals surface area contributed by atoms with Crippen molar-refractivity contribution in [1.82, 2.24) is 15.2 Å². The molecule has 2 aliphatic heterocycles. The Morgan fingerprint density at radius 3 is 2.39 bits per heavy atom. The van der Waals surface area contributed by atoms with Gasteiger partial charge in [-0.3, -0.25) is 9.78 Å². The number of piperidine rings is 1. The average Bonchev–Trinajstić information content (AvgIpc) is 3.09. The van der Waals surface area contributed by atoms with Crippen molar-refractivity contribution in [2.75, 3.05) is 19.6 Å². The molecule has 2 saturated heterocycles. The highest BCUT2D eigenvalue weighted by Crippen LogP contribution is 2.42. The van der Waals surface area contributed by atoms with Crippen LogP contribution in [0.15, 0.2) is 97.3 Å². The molecule has 4 atom stereocenters. The van der Waals surface area contributed by atoms with Crippen LogP contribution in [-0.2, 0) is 22.6 Å². The van der Waals surface area contributed by atoms with Gasteiger partial charge in [-0.15, -0.1) is 0 Å². The second-order valence-electron chi connectivity index (χ2n) is 11.9. The van der Waals surface area contributed by atoms with Gasteiger partial charge in [-0.25, -0.2) is 0 Å². The maximum atomic E-state index is 12.5. The molecule has 0 radical (unpaired) electrons. The minimum Gasteiger partial charge on any atom is -0.392 e. The first kappa shape index (κ1) is 30.2. The fraction of sp³-hybridized carbons (Fsp3) is 0.351. The lowest BCUT2D eigenvalue weighted by Gasteiger charge is -2.43. The molecular weight excluding hydrogens is 550 g/mol. The van der Waals surface area contributed by atoms with Crippen molar-refractivity contribution in [2.24, 2.45) is 5.92 Å². The van der Waals surface area contributed by atoms with E-state index in [-0.39, 0.29) is 30.6 Å². The van der Waals surface area contributed by atoms with Crippen molar-refractivity contribution in [3.8, 4) is 11.1 Å². The van der Waals surface area contributed by atoms with Gasteiger partial charge in [0.05, 0.1) is 24.4 Å². The number of carbonyl (C=O) groups is 1. The number of aliphatic hydroxyl groups excluding tert-OH is 1. The van der Waals surface area contributed by atoms with Crippen LogP contribution in [0.25, 0.3) is 11.1 Å². The number of nitrogens with zero attached hydrogens (tertiary/aromatic N) is 2. The van der Waals surface area contributed by atoms with Gasteiger partial charge >= 0.3 is 0 Å². The number of nitrogens with one attached hydrogen (secondary N) is 1. The topological polar surface area (TPSA) is 83.9 Å². The standard InChI is InChI=1S/C37H41N3O4/c1-26-34(24-40-19-3-2-4-20-40)43-37(44-35(26)30-12-10-27(25-41)11-13-30)31-16-14-29(15-17-31)32-8-5-7-28(21-32)22-39-36(42)33-9-6-18-38-23-33/h5-18,21,23,26,34-35,37,41H,2-4,19-20,22,24-25H2,1H3,(H,39,42). The molecule has 1 aromatic heterocycles. The van der Waals surface area contributed by atoms with E-state index in [9.17, 15) is 9.90 Å². The minimum atomic E-state index is -0.480. The number of rotatable bonds is 9. The second-order valence-corrected chi connectivity index (χ2v) is 11.9. The molecule has 6 rings (SSSR count). The third-order valence-corrected chi connectivity index (χ3v) is 8.83. The third-order valence-electron chi connectivity index (χ3n) is 8.83. The van der Waals surface area contributed by atoms with E-state index in [1.165, 1.54) is 19.3 Å². The molecule has 7 nitrogen and oxygen atoms in total. The number of likely N-dealkylation sites (tertiary alicyclic amines) is 1. The molecule has 44 heavy (non-hydrogen) atoms. The predicted octanol–water partition coefficient (Wildman–Crippen LogP) is 6.45. The number of amides is 1. The first-order valence-corrected chi connectivity index (χ1v) is 15.7. The number of pyridine rings is 1. The maximum Gasteiger partial charge on any atom is 0.253 e. The van der Waals surface area contributed by atoms with Crippen LogP contribution in [0.5, 0.6) is 0 Å². The Balaban J connectivity index is 1.17. The Kier molecular flexibility index (Phi) is 9.78. The zero-order chi connectivity index (χ0) is 30.3. The number of carbonyl (C=O) groups excluding carboxylic acids is 1. The van der Waals surface area contributed by atoms with Crippen LogP contribution < -0.4 is 5.32 Å². The van der Waals surface area contributed by atoms with Gasteiger partial charge in [0.1, 0.15) is 0 Å². The smallest absolute Gasteiger partial charge is 0.253 e. The lowest BCUT2D eigenvalue weighted by atomic mass is 9.89. The molecule has 2 fully saturated rings. The molecule has 0 saturated carbocycles. The van der Waals surface area contributed by atoms with E-state index in [1.807, 2.05) is 24.3 Å². The Bertz CT molecular complexity index is 1500. The number of hydrogen-bond acceptors (Lipinski definition) is 6. The number of aliphatic hydroxyl groups is 1. The second kappa shape index (κ2) is 14.3. The maximum absolute atomic E-state index is 12.5. The molecule has 3 heterocycles. The van der Waals surface area contributed by atoms with Gasteiger partial charge in [0.25, 0.3) is 5.91 Å². The molecule has 0 bridgehead atoms. The molecular formula is C37H41N3O4. The molecule has 0 spiro atoms. The molecule has 7 heteroatoms. The zero-order valence-corrected chi connectivity index (χ0v) is 25.3. The molecule has 2 N–H and O–H groups in total. The van der Waals surface area contributed by atoms with Gasteiger partial charge in [0, 0.05) is 37.0 Å². The summed E-state index contributed by atoms with van der Waals surface area (Å²) in [6, 6.07) is 28.2. The lowest BCUT2D eigenvalue weighted by molar-refractivity contribution is -0.276. The van der Waals surface area contributed by atoms with Crippen LogP contribution >= 0.6 is 0 Å². The third kappa shape index (κ3) is 7.25. The zero-order valence-electron chi connectivity index (χ0n) is 25.3. The van der Waals surface area contributed by atoms with Crippen LogP contribution in [0.2, 0.25) is 0 Å². The van der Waals surface area contributed by atoms with E-state index < -0.39 is 6.29 Å². The Labute approximate surface area is 259 Å². The fourth-order valence-electron chi connectivity index (χ4n) is 6.20. The highest BCUT2D eigenvalue weighted by Gasteiger charge is 2.39. The minimum absolute atomic E-state index is 0.0278. The normalized spacial score (nSPS) is 22.4. The highest BCUT2D eigenvalue weighted by molar-refractivity contribution is 5.93. The van der Waals surface area contributed by atoms with Gasteiger partial charge in [0.2, 0.25) is 0 Å².